The van der Waals surface area contributed by atoms with Crippen LogP contribution in [0, 0.1) is 6.92 Å². The van der Waals surface area contributed by atoms with E-state index in [1.165, 1.54) is 4.90 Å². The third-order valence-corrected chi connectivity index (χ3v) is 5.22. The first-order valence-electron chi connectivity index (χ1n) is 10.8. The summed E-state index contributed by atoms with van der Waals surface area (Å²) in [6.45, 7) is 9.19. The van der Waals surface area contributed by atoms with Crippen LogP contribution in [-0.4, -0.2) is 40.5 Å². The standard InChI is InChI=1S/C25H31N3O4/c1-16-9-8-12-20(13-16)27-22(29)17(2)26-23(30)21-14-18-10-6-7-11-19(18)15-28(21)24(31)32-25(3,4)5/h6-13,17,21H,14-15H2,1-5H3,(H,26,30)(H,27,29)/t17-,21+/m1/s1. The van der Waals surface area contributed by atoms with Gasteiger partial charge < -0.3 is 15.4 Å². The summed E-state index contributed by atoms with van der Waals surface area (Å²) in [5, 5.41) is 5.57. The summed E-state index contributed by atoms with van der Waals surface area (Å²) >= 11 is 0. The van der Waals surface area contributed by atoms with Crippen LogP contribution in [-0.2, 0) is 27.3 Å². The van der Waals surface area contributed by atoms with E-state index in [4.69, 9.17) is 4.74 Å². The maximum Gasteiger partial charge on any atom is 0.411 e. The van der Waals surface area contributed by atoms with E-state index < -0.39 is 29.7 Å². The highest BCUT2D eigenvalue weighted by molar-refractivity contribution is 5.98. The highest BCUT2D eigenvalue weighted by Crippen LogP contribution is 2.25. The van der Waals surface area contributed by atoms with Crippen LogP contribution in [0.1, 0.15) is 44.4 Å². The number of anilines is 1. The summed E-state index contributed by atoms with van der Waals surface area (Å²) in [6, 6.07) is 13.6. The van der Waals surface area contributed by atoms with Crippen LogP contribution < -0.4 is 10.6 Å². The van der Waals surface area contributed by atoms with E-state index in [0.717, 1.165) is 16.7 Å². The summed E-state index contributed by atoms with van der Waals surface area (Å²) in [7, 11) is 0. The van der Waals surface area contributed by atoms with E-state index in [1.54, 1.807) is 33.8 Å². The predicted molar refractivity (Wildman–Crippen MR) is 123 cm³/mol. The van der Waals surface area contributed by atoms with E-state index in [2.05, 4.69) is 10.6 Å². The fraction of sp³-hybridized carbons (Fsp3) is 0.400. The third kappa shape index (κ3) is 5.87. The van der Waals surface area contributed by atoms with Gasteiger partial charge in [-0.2, -0.15) is 0 Å². The van der Waals surface area contributed by atoms with Crippen molar-refractivity contribution >= 4 is 23.6 Å². The number of hydrogen-bond acceptors (Lipinski definition) is 4. The van der Waals surface area contributed by atoms with Gasteiger partial charge >= 0.3 is 6.09 Å². The molecule has 0 radical (unpaired) electrons. The van der Waals surface area contributed by atoms with Crippen LogP contribution in [0.15, 0.2) is 48.5 Å². The zero-order valence-corrected chi connectivity index (χ0v) is 19.3. The molecule has 1 aliphatic rings. The number of carbonyl (C=O) groups is 3. The maximum absolute atomic E-state index is 13.2. The molecule has 0 spiro atoms. The van der Waals surface area contributed by atoms with E-state index >= 15 is 0 Å². The Morgan fingerprint density at radius 1 is 1.06 bits per heavy atom. The molecule has 2 aromatic rings. The Kier molecular flexibility index (Phi) is 6.87. The Morgan fingerprint density at radius 2 is 1.75 bits per heavy atom. The van der Waals surface area contributed by atoms with Gasteiger partial charge in [-0.3, -0.25) is 14.5 Å². The first kappa shape index (κ1) is 23.3. The minimum atomic E-state index is -0.777. The van der Waals surface area contributed by atoms with E-state index in [-0.39, 0.29) is 12.5 Å². The minimum Gasteiger partial charge on any atom is -0.444 e. The van der Waals surface area contributed by atoms with Crippen molar-refractivity contribution in [2.75, 3.05) is 5.32 Å². The zero-order chi connectivity index (χ0) is 23.5. The Bertz CT molecular complexity index is 1010. The van der Waals surface area contributed by atoms with Gasteiger partial charge in [0, 0.05) is 12.1 Å². The SMILES string of the molecule is Cc1cccc(NC(=O)[C@@H](C)NC(=O)[C@@H]2Cc3ccccc3CN2C(=O)OC(C)(C)C)c1. The third-order valence-electron chi connectivity index (χ3n) is 5.22. The zero-order valence-electron chi connectivity index (χ0n) is 19.3. The van der Waals surface area contributed by atoms with Crippen molar-refractivity contribution in [1.29, 1.82) is 0 Å². The Hall–Kier alpha value is -3.35. The molecule has 7 nitrogen and oxygen atoms in total. The molecule has 170 valence electrons. The largest absolute Gasteiger partial charge is 0.444 e. The molecule has 32 heavy (non-hydrogen) atoms. The van der Waals surface area contributed by atoms with Crippen molar-refractivity contribution in [1.82, 2.24) is 10.2 Å². The molecule has 0 aromatic heterocycles. The van der Waals surface area contributed by atoms with Gasteiger partial charge in [0.05, 0.1) is 6.54 Å². The molecule has 3 rings (SSSR count). The number of fused-ring (bicyclic) bond motifs is 1. The van der Waals surface area contributed by atoms with Gasteiger partial charge in [-0.05, 0) is 63.4 Å². The number of rotatable bonds is 4. The molecule has 2 aromatic carbocycles. The summed E-state index contributed by atoms with van der Waals surface area (Å²) < 4.78 is 5.54. The average Bonchev–Trinajstić information content (AvgIpc) is 2.71. The van der Waals surface area contributed by atoms with Crippen molar-refractivity contribution in [2.45, 2.75) is 65.3 Å². The molecular weight excluding hydrogens is 406 g/mol. The van der Waals surface area contributed by atoms with Gasteiger partial charge in [0.25, 0.3) is 0 Å². The van der Waals surface area contributed by atoms with Crippen molar-refractivity contribution < 1.29 is 19.1 Å². The normalized spacial score (nSPS) is 16.5. The summed E-state index contributed by atoms with van der Waals surface area (Å²) in [5.74, 6) is -0.721. The quantitative estimate of drug-likeness (QED) is 0.762. The number of amides is 3. The van der Waals surface area contributed by atoms with Gasteiger partial charge in [0.2, 0.25) is 11.8 Å². The summed E-state index contributed by atoms with van der Waals surface area (Å²) in [5.41, 5.74) is 2.99. The molecule has 1 aliphatic heterocycles. The molecule has 1 heterocycles. The molecule has 7 heteroatoms. The van der Waals surface area contributed by atoms with E-state index in [9.17, 15) is 14.4 Å². The summed E-state index contributed by atoms with van der Waals surface area (Å²) in [6.07, 6.45) is -0.197. The number of carbonyl (C=O) groups excluding carboxylic acids is 3. The van der Waals surface area contributed by atoms with Crippen molar-refractivity contribution in [3.8, 4) is 0 Å². The first-order valence-corrected chi connectivity index (χ1v) is 10.8. The molecule has 0 aliphatic carbocycles. The van der Waals surface area contributed by atoms with Crippen molar-refractivity contribution in [3.05, 3.63) is 65.2 Å². The molecular formula is C25H31N3O4. The average molecular weight is 438 g/mol. The highest BCUT2D eigenvalue weighted by atomic mass is 16.6. The number of ether oxygens (including phenoxy) is 1. The molecule has 3 amide bonds. The lowest BCUT2D eigenvalue weighted by Gasteiger charge is -2.37. The number of nitrogens with one attached hydrogen (secondary N) is 2. The summed E-state index contributed by atoms with van der Waals surface area (Å²) in [4.78, 5) is 40.1. The van der Waals surface area contributed by atoms with Gasteiger partial charge in [-0.15, -0.1) is 0 Å². The smallest absolute Gasteiger partial charge is 0.411 e. The Labute approximate surface area is 189 Å². The van der Waals surface area contributed by atoms with Crippen molar-refractivity contribution in [3.63, 3.8) is 0 Å². The fourth-order valence-electron chi connectivity index (χ4n) is 3.62. The molecule has 0 bridgehead atoms. The molecule has 0 saturated heterocycles. The number of aryl methyl sites for hydroxylation is 1. The van der Waals surface area contributed by atoms with Crippen molar-refractivity contribution in [2.24, 2.45) is 0 Å². The second kappa shape index (κ2) is 9.42. The second-order valence-corrected chi connectivity index (χ2v) is 9.19. The topological polar surface area (TPSA) is 87.7 Å². The van der Waals surface area contributed by atoms with Crippen LogP contribution in [0.4, 0.5) is 10.5 Å². The second-order valence-electron chi connectivity index (χ2n) is 9.19. The lowest BCUT2D eigenvalue weighted by Crippen LogP contribution is -2.56. The molecule has 0 unspecified atom stereocenters. The van der Waals surface area contributed by atoms with E-state index in [1.807, 2.05) is 49.4 Å². The van der Waals surface area contributed by atoms with Crippen LogP contribution in [0.2, 0.25) is 0 Å². The minimum absolute atomic E-state index is 0.271. The lowest BCUT2D eigenvalue weighted by atomic mass is 9.93. The predicted octanol–water partition coefficient (Wildman–Crippen LogP) is 3.80. The first-order chi connectivity index (χ1) is 15.0. The maximum atomic E-state index is 13.2. The number of nitrogens with zero attached hydrogens (tertiary/aromatic N) is 1. The number of benzene rings is 2. The van der Waals surface area contributed by atoms with E-state index in [0.29, 0.717) is 12.1 Å². The monoisotopic (exact) mass is 437 g/mol. The molecule has 2 atom stereocenters. The fourth-order valence-corrected chi connectivity index (χ4v) is 3.62. The van der Waals surface area contributed by atoms with Gasteiger partial charge in [0.15, 0.2) is 0 Å². The van der Waals surface area contributed by atoms with Crippen LogP contribution in [0.25, 0.3) is 0 Å². The molecule has 0 fully saturated rings. The molecule has 2 N–H and O–H groups in total. The highest BCUT2D eigenvalue weighted by Gasteiger charge is 2.37. The lowest BCUT2D eigenvalue weighted by molar-refractivity contribution is -0.130. The molecule has 0 saturated carbocycles. The van der Waals surface area contributed by atoms with Gasteiger partial charge in [-0.25, -0.2) is 4.79 Å². The Balaban J connectivity index is 1.74. The van der Waals surface area contributed by atoms with Gasteiger partial charge in [0.1, 0.15) is 17.7 Å². The number of hydrogen-bond donors (Lipinski definition) is 2. The van der Waals surface area contributed by atoms with Crippen LogP contribution >= 0.6 is 0 Å². The van der Waals surface area contributed by atoms with Crippen LogP contribution in [0.3, 0.4) is 0 Å². The Morgan fingerprint density at radius 3 is 2.41 bits per heavy atom. The van der Waals surface area contributed by atoms with Gasteiger partial charge in [-0.1, -0.05) is 36.4 Å². The van der Waals surface area contributed by atoms with Crippen LogP contribution in [0.5, 0.6) is 0 Å².